The fourth-order valence-electron chi connectivity index (χ4n) is 6.30. The maximum Gasteiger partial charge on any atom is 0.327 e. The van der Waals surface area contributed by atoms with Crippen LogP contribution in [0.5, 0.6) is 0 Å². The Bertz CT molecular complexity index is 1590. The van der Waals surface area contributed by atoms with Crippen LogP contribution in [0.15, 0.2) is 22.7 Å². The van der Waals surface area contributed by atoms with Crippen molar-refractivity contribution >= 4 is 76.3 Å². The summed E-state index contributed by atoms with van der Waals surface area (Å²) in [5.41, 5.74) is 0.552. The summed E-state index contributed by atoms with van der Waals surface area (Å²) in [5, 5.41) is 18.7. The van der Waals surface area contributed by atoms with E-state index in [0.717, 1.165) is 0 Å². The van der Waals surface area contributed by atoms with E-state index < -0.39 is 74.0 Å². The number of benzene rings is 1. The van der Waals surface area contributed by atoms with E-state index in [1.165, 1.54) is 33.3 Å². The van der Waals surface area contributed by atoms with Gasteiger partial charge in [0.05, 0.1) is 10.0 Å². The average Bonchev–Trinajstić information content (AvgIpc) is 3.50. The molecule has 4 amide bonds. The number of nitrogens with one attached hydrogen (secondary N) is 2. The number of β-lactam (4-membered cyclic amide) rings is 2. The number of carboxylic acids is 1. The maximum absolute atomic E-state index is 13.6. The fraction of sp³-hybridized carbons (Fsp3) is 0.481. The third kappa shape index (κ3) is 4.43. The Kier molecular flexibility index (Phi) is 7.03. The number of carbonyl (C=O) groups is 5. The summed E-state index contributed by atoms with van der Waals surface area (Å²) < 4.78 is 3.79. The van der Waals surface area contributed by atoms with Crippen molar-refractivity contribution in [1.29, 1.82) is 0 Å². The number of carboxylic acid groups (broad SMARTS) is 1. The van der Waals surface area contributed by atoms with Gasteiger partial charge in [0.15, 0.2) is 0 Å². The van der Waals surface area contributed by atoms with E-state index >= 15 is 0 Å². The van der Waals surface area contributed by atoms with Crippen LogP contribution in [-0.2, 0) is 19.2 Å². The minimum absolute atomic E-state index is 0.0857. The van der Waals surface area contributed by atoms with Gasteiger partial charge in [-0.2, -0.15) is 0 Å². The van der Waals surface area contributed by atoms with Crippen molar-refractivity contribution in [1.82, 2.24) is 25.6 Å². The van der Waals surface area contributed by atoms with Crippen LogP contribution in [0.4, 0.5) is 0 Å². The summed E-state index contributed by atoms with van der Waals surface area (Å²) in [6, 6.07) is 1.11. The number of halogens is 2. The lowest BCUT2D eigenvalue weighted by atomic mass is 9.93. The zero-order chi connectivity index (χ0) is 31.3. The molecule has 3 N–H and O–H groups in total. The maximum atomic E-state index is 13.6. The largest absolute Gasteiger partial charge is 0.480 e. The molecular weight excluding hydrogens is 641 g/mol. The molecule has 0 saturated carbocycles. The number of aromatic nitrogens is 1. The topological polar surface area (TPSA) is 162 Å². The number of hydrogen-bond donors (Lipinski definition) is 3. The second-order valence-electron chi connectivity index (χ2n) is 11.9. The smallest absolute Gasteiger partial charge is 0.327 e. The van der Waals surface area contributed by atoms with Crippen LogP contribution in [-0.4, -0.2) is 94.1 Å². The highest BCUT2D eigenvalue weighted by molar-refractivity contribution is 8.02. The predicted octanol–water partition coefficient (Wildman–Crippen LogP) is 2.75. The molecule has 12 nitrogen and oxygen atoms in total. The van der Waals surface area contributed by atoms with E-state index in [4.69, 9.17) is 27.7 Å². The van der Waals surface area contributed by atoms with Crippen LogP contribution >= 0.6 is 46.7 Å². The molecule has 6 rings (SSSR count). The fourth-order valence-corrected chi connectivity index (χ4v) is 10.1. The van der Waals surface area contributed by atoms with Gasteiger partial charge in [0.1, 0.15) is 51.9 Å². The second-order valence-corrected chi connectivity index (χ2v) is 16.2. The average molecular weight is 669 g/mol. The molecule has 4 aliphatic heterocycles. The number of carbonyl (C=O) groups excluding carboxylic acids is 4. The SMILES string of the molecule is Cc1onc(-c2c(Cl)cccc2Cl)c1C(=O)N[C@@H]1C(=O)N2C1SC(C)(C)[C@@H]2C(=O)N[C@@H]1C(=O)N2C1SC(C)(C)[C@@H]2C(=O)O. The van der Waals surface area contributed by atoms with Crippen molar-refractivity contribution in [3.8, 4) is 11.3 Å². The molecule has 1 aromatic heterocycles. The van der Waals surface area contributed by atoms with Gasteiger partial charge in [-0.3, -0.25) is 19.2 Å². The van der Waals surface area contributed by atoms with E-state index in [-0.39, 0.29) is 27.1 Å². The normalized spacial score (nSPS) is 29.8. The Morgan fingerprint density at radius 3 is 2.00 bits per heavy atom. The Balaban J connectivity index is 1.17. The molecule has 0 aliphatic carbocycles. The lowest BCUT2D eigenvalue weighted by Crippen LogP contribution is -2.74. The number of thioether (sulfide) groups is 2. The van der Waals surface area contributed by atoms with Gasteiger partial charge in [0.25, 0.3) is 5.91 Å². The first-order chi connectivity index (χ1) is 20.1. The molecule has 0 radical (unpaired) electrons. The molecule has 2 unspecified atom stereocenters. The molecule has 4 fully saturated rings. The van der Waals surface area contributed by atoms with Crippen molar-refractivity contribution in [2.24, 2.45) is 0 Å². The zero-order valence-corrected chi connectivity index (χ0v) is 26.7. The highest BCUT2D eigenvalue weighted by atomic mass is 35.5. The van der Waals surface area contributed by atoms with E-state index in [0.29, 0.717) is 5.56 Å². The Hall–Kier alpha value is -2.94. The predicted molar refractivity (Wildman–Crippen MR) is 160 cm³/mol. The molecule has 5 heterocycles. The summed E-state index contributed by atoms with van der Waals surface area (Å²) in [5.74, 6) is -2.94. The van der Waals surface area contributed by atoms with Gasteiger partial charge in [-0.1, -0.05) is 34.4 Å². The standard InChI is InChI=1S/C27H27Cl2N5O7S2/c1-9-12(14(32-41-9)13-10(28)7-6-8-11(13)29)19(35)30-15-21(37)33-17(26(2,3)42-23(15)33)20(36)31-16-22(38)34-18(25(39)40)27(4,5)43-24(16)34/h6-8,15-18,23-24H,1-5H3,(H,30,35)(H,31,36)(H,39,40)/t15-,16-,17+,18+,23?,24?/m1/s1. The first-order valence-corrected chi connectivity index (χ1v) is 15.8. The summed E-state index contributed by atoms with van der Waals surface area (Å²) in [6.07, 6.45) is 0. The summed E-state index contributed by atoms with van der Waals surface area (Å²) in [7, 11) is 0. The van der Waals surface area contributed by atoms with Crippen LogP contribution < -0.4 is 10.6 Å². The molecule has 6 atom stereocenters. The van der Waals surface area contributed by atoms with Crippen molar-refractivity contribution in [3.05, 3.63) is 39.6 Å². The van der Waals surface area contributed by atoms with Gasteiger partial charge in [-0.25, -0.2) is 4.79 Å². The second kappa shape index (κ2) is 10.0. The van der Waals surface area contributed by atoms with Gasteiger partial charge in [0.2, 0.25) is 17.7 Å². The molecule has 1 aromatic carbocycles. The molecule has 0 bridgehead atoms. The van der Waals surface area contributed by atoms with Crippen LogP contribution in [0.3, 0.4) is 0 Å². The van der Waals surface area contributed by atoms with Crippen LogP contribution in [0.2, 0.25) is 10.0 Å². The molecule has 2 aromatic rings. The molecule has 4 aliphatic rings. The van der Waals surface area contributed by atoms with Crippen LogP contribution in [0, 0.1) is 6.92 Å². The van der Waals surface area contributed by atoms with Crippen molar-refractivity contribution in [2.45, 2.75) is 79.0 Å². The number of hydrogen-bond acceptors (Lipinski definition) is 9. The van der Waals surface area contributed by atoms with Crippen LogP contribution in [0.1, 0.15) is 43.8 Å². The van der Waals surface area contributed by atoms with Gasteiger partial charge < -0.3 is 30.1 Å². The minimum Gasteiger partial charge on any atom is -0.480 e. The summed E-state index contributed by atoms with van der Waals surface area (Å²) in [4.78, 5) is 68.0. The lowest BCUT2D eigenvalue weighted by molar-refractivity contribution is -0.162. The molecule has 16 heteroatoms. The Morgan fingerprint density at radius 1 is 0.930 bits per heavy atom. The molecular formula is C27H27Cl2N5O7S2. The summed E-state index contributed by atoms with van der Waals surface area (Å²) >= 11 is 15.4. The zero-order valence-electron chi connectivity index (χ0n) is 23.5. The number of nitrogens with zero attached hydrogens (tertiary/aromatic N) is 3. The quantitative estimate of drug-likeness (QED) is 0.391. The number of amides is 4. The van der Waals surface area contributed by atoms with E-state index in [1.54, 1.807) is 39.0 Å². The lowest BCUT2D eigenvalue weighted by Gasteiger charge is -2.46. The first-order valence-electron chi connectivity index (χ1n) is 13.3. The first kappa shape index (κ1) is 30.1. The third-order valence-electron chi connectivity index (χ3n) is 8.24. The molecule has 228 valence electrons. The molecule has 4 saturated heterocycles. The monoisotopic (exact) mass is 667 g/mol. The Labute approximate surface area is 264 Å². The van der Waals surface area contributed by atoms with Gasteiger partial charge in [-0.05, 0) is 46.8 Å². The Morgan fingerprint density at radius 2 is 1.44 bits per heavy atom. The van der Waals surface area contributed by atoms with Crippen molar-refractivity contribution in [2.75, 3.05) is 0 Å². The highest BCUT2D eigenvalue weighted by Crippen LogP contribution is 2.53. The van der Waals surface area contributed by atoms with Gasteiger partial charge >= 0.3 is 5.97 Å². The van der Waals surface area contributed by atoms with E-state index in [1.807, 2.05) is 13.8 Å². The number of aliphatic carboxylic acids is 1. The third-order valence-corrected chi connectivity index (χ3v) is 12.0. The number of aryl methyl sites for hydroxylation is 1. The van der Waals surface area contributed by atoms with Crippen LogP contribution in [0.25, 0.3) is 11.3 Å². The minimum atomic E-state index is -1.10. The van der Waals surface area contributed by atoms with E-state index in [2.05, 4.69) is 15.8 Å². The highest BCUT2D eigenvalue weighted by Gasteiger charge is 2.67. The number of rotatable bonds is 6. The van der Waals surface area contributed by atoms with Gasteiger partial charge in [0, 0.05) is 15.1 Å². The molecule has 43 heavy (non-hydrogen) atoms. The van der Waals surface area contributed by atoms with Crippen molar-refractivity contribution in [3.63, 3.8) is 0 Å². The molecule has 0 spiro atoms. The van der Waals surface area contributed by atoms with Crippen molar-refractivity contribution < 1.29 is 33.6 Å². The number of fused-ring (bicyclic) bond motifs is 2. The summed E-state index contributed by atoms with van der Waals surface area (Å²) in [6.45, 7) is 8.70. The van der Waals surface area contributed by atoms with E-state index in [9.17, 15) is 29.1 Å². The van der Waals surface area contributed by atoms with Gasteiger partial charge in [-0.15, -0.1) is 23.5 Å².